The Labute approximate surface area is 160 Å². The summed E-state index contributed by atoms with van der Waals surface area (Å²) in [5.41, 5.74) is 0.227. The number of benzene rings is 2. The second-order valence-electron chi connectivity index (χ2n) is 4.79. The van der Waals surface area contributed by atoms with E-state index in [-0.39, 0.29) is 25.7 Å². The third kappa shape index (κ3) is 5.23. The summed E-state index contributed by atoms with van der Waals surface area (Å²) < 4.78 is 31.5. The lowest BCUT2D eigenvalue weighted by atomic mass is 10.3. The Morgan fingerprint density at radius 1 is 1.04 bits per heavy atom. The summed E-state index contributed by atoms with van der Waals surface area (Å²) in [4.78, 5) is 12.0. The van der Waals surface area contributed by atoms with Crippen LogP contribution in [0.5, 0.6) is 5.75 Å². The van der Waals surface area contributed by atoms with Gasteiger partial charge in [-0.15, -0.1) is 0 Å². The van der Waals surface area contributed by atoms with Crippen molar-refractivity contribution in [2.45, 2.75) is 4.90 Å². The molecule has 0 heterocycles. The monoisotopic (exact) mass is 422 g/mol. The maximum absolute atomic E-state index is 12.2. The number of hydrogen-bond acceptors (Lipinski definition) is 4. The molecule has 0 aromatic heterocycles. The van der Waals surface area contributed by atoms with Crippen molar-refractivity contribution in [1.82, 2.24) is 4.72 Å². The van der Waals surface area contributed by atoms with E-state index in [1.54, 1.807) is 0 Å². The van der Waals surface area contributed by atoms with Crippen LogP contribution in [0.2, 0.25) is 15.1 Å². The van der Waals surface area contributed by atoms with E-state index >= 15 is 0 Å². The highest BCUT2D eigenvalue weighted by molar-refractivity contribution is 7.89. The molecule has 2 rings (SSSR count). The van der Waals surface area contributed by atoms with Crippen LogP contribution in [0.15, 0.2) is 41.3 Å². The molecule has 0 fully saturated rings. The Morgan fingerprint density at radius 3 is 2.24 bits per heavy atom. The Morgan fingerprint density at radius 2 is 1.64 bits per heavy atom. The minimum atomic E-state index is -3.84. The highest BCUT2D eigenvalue weighted by Crippen LogP contribution is 2.32. The Bertz CT molecular complexity index is 886. The first-order valence-corrected chi connectivity index (χ1v) is 9.43. The van der Waals surface area contributed by atoms with Crippen molar-refractivity contribution in [1.29, 1.82) is 0 Å². The van der Waals surface area contributed by atoms with E-state index in [1.807, 2.05) is 0 Å². The van der Waals surface area contributed by atoms with E-state index in [1.165, 1.54) is 43.5 Å². The van der Waals surface area contributed by atoms with Gasteiger partial charge in [-0.25, -0.2) is 13.1 Å². The molecule has 0 saturated carbocycles. The quantitative estimate of drug-likeness (QED) is 0.696. The molecule has 0 aliphatic rings. The molecule has 0 atom stereocenters. The van der Waals surface area contributed by atoms with E-state index in [4.69, 9.17) is 39.5 Å². The van der Waals surface area contributed by atoms with Gasteiger partial charge in [0, 0.05) is 0 Å². The molecule has 2 N–H and O–H groups in total. The van der Waals surface area contributed by atoms with Gasteiger partial charge in [0.1, 0.15) is 5.75 Å². The van der Waals surface area contributed by atoms with Gasteiger partial charge in [0.25, 0.3) is 0 Å². The van der Waals surface area contributed by atoms with Crippen LogP contribution >= 0.6 is 34.8 Å². The Hall–Kier alpha value is -1.51. The fourth-order valence-corrected chi connectivity index (χ4v) is 3.39. The zero-order chi connectivity index (χ0) is 18.6. The van der Waals surface area contributed by atoms with Crippen molar-refractivity contribution in [3.63, 3.8) is 0 Å². The zero-order valence-electron chi connectivity index (χ0n) is 12.8. The van der Waals surface area contributed by atoms with Crippen molar-refractivity contribution in [2.24, 2.45) is 0 Å². The normalized spacial score (nSPS) is 11.2. The minimum absolute atomic E-state index is 0.00803. The second-order valence-corrected chi connectivity index (χ2v) is 7.78. The van der Waals surface area contributed by atoms with Crippen LogP contribution in [0.25, 0.3) is 0 Å². The number of nitrogens with one attached hydrogen (secondary N) is 2. The van der Waals surface area contributed by atoms with E-state index in [2.05, 4.69) is 10.0 Å². The summed E-state index contributed by atoms with van der Waals surface area (Å²) in [5.74, 6) is -0.0941. The van der Waals surface area contributed by atoms with Gasteiger partial charge in [0.05, 0.1) is 39.3 Å². The van der Waals surface area contributed by atoms with Gasteiger partial charge in [-0.05, 0) is 36.4 Å². The van der Waals surface area contributed by atoms with Gasteiger partial charge in [0.2, 0.25) is 15.9 Å². The van der Waals surface area contributed by atoms with Gasteiger partial charge in [-0.3, -0.25) is 4.79 Å². The maximum atomic E-state index is 12.2. The van der Waals surface area contributed by atoms with E-state index < -0.39 is 22.5 Å². The lowest BCUT2D eigenvalue weighted by molar-refractivity contribution is -0.115. The second kappa shape index (κ2) is 8.25. The molecule has 0 saturated heterocycles. The van der Waals surface area contributed by atoms with Crippen LogP contribution in [0.4, 0.5) is 5.69 Å². The lowest BCUT2D eigenvalue weighted by Gasteiger charge is -2.10. The highest BCUT2D eigenvalue weighted by atomic mass is 35.5. The van der Waals surface area contributed by atoms with Crippen LogP contribution < -0.4 is 14.8 Å². The third-order valence-electron chi connectivity index (χ3n) is 3.08. The molecule has 1 amide bonds. The van der Waals surface area contributed by atoms with Gasteiger partial charge >= 0.3 is 0 Å². The van der Waals surface area contributed by atoms with Crippen LogP contribution in [-0.2, 0) is 14.8 Å². The number of hydrogen-bond donors (Lipinski definition) is 2. The Kier molecular flexibility index (Phi) is 6.53. The summed E-state index contributed by atoms with van der Waals surface area (Å²) in [6.45, 7) is -0.481. The molecule has 0 bridgehead atoms. The molecular weight excluding hydrogens is 411 g/mol. The van der Waals surface area contributed by atoms with Crippen LogP contribution in [0, 0.1) is 0 Å². The lowest BCUT2D eigenvalue weighted by Crippen LogP contribution is -2.32. The number of carbonyl (C=O) groups excluding carboxylic acids is 1. The van der Waals surface area contributed by atoms with Crippen molar-refractivity contribution in [2.75, 3.05) is 19.0 Å². The van der Waals surface area contributed by atoms with Gasteiger partial charge in [-0.1, -0.05) is 34.8 Å². The van der Waals surface area contributed by atoms with Crippen LogP contribution in [-0.4, -0.2) is 28.0 Å². The van der Waals surface area contributed by atoms with Crippen LogP contribution in [0.3, 0.4) is 0 Å². The number of ether oxygens (including phenoxy) is 1. The SMILES string of the molecule is COc1ccc(S(=O)(=O)NCC(=O)Nc2cc(Cl)c(Cl)cc2Cl)cc1. The molecule has 2 aromatic carbocycles. The molecular formula is C15H13Cl3N2O4S. The molecule has 2 aromatic rings. The Balaban J connectivity index is 2.02. The van der Waals surface area contributed by atoms with Crippen molar-refractivity contribution >= 4 is 56.4 Å². The molecule has 0 spiro atoms. The van der Waals surface area contributed by atoms with Gasteiger partial charge in [-0.2, -0.15) is 0 Å². The number of amides is 1. The number of methoxy groups -OCH3 is 1. The minimum Gasteiger partial charge on any atom is -0.497 e. The van der Waals surface area contributed by atoms with E-state index in [0.717, 1.165) is 0 Å². The van der Waals surface area contributed by atoms with Crippen molar-refractivity contribution < 1.29 is 17.9 Å². The topological polar surface area (TPSA) is 84.5 Å². The summed E-state index contributed by atoms with van der Waals surface area (Å²) in [7, 11) is -2.37. The van der Waals surface area contributed by atoms with Crippen LogP contribution in [0.1, 0.15) is 0 Å². The number of halogens is 3. The standard InChI is InChI=1S/C15H13Cl3N2O4S/c1-24-9-2-4-10(5-3-9)25(22,23)19-8-15(21)20-14-7-12(17)11(16)6-13(14)18/h2-7,19H,8H2,1H3,(H,20,21). The van der Waals surface area contributed by atoms with E-state index in [9.17, 15) is 13.2 Å². The third-order valence-corrected chi connectivity index (χ3v) is 5.53. The number of carbonyl (C=O) groups is 1. The molecule has 0 aliphatic heterocycles. The van der Waals surface area contributed by atoms with Gasteiger partial charge < -0.3 is 10.1 Å². The summed E-state index contributed by atoms with van der Waals surface area (Å²) in [6, 6.07) is 8.50. The predicted octanol–water partition coefficient (Wildman–Crippen LogP) is 3.57. The van der Waals surface area contributed by atoms with Crippen molar-refractivity contribution in [3.05, 3.63) is 51.5 Å². The van der Waals surface area contributed by atoms with Crippen molar-refractivity contribution in [3.8, 4) is 5.75 Å². The highest BCUT2D eigenvalue weighted by Gasteiger charge is 2.16. The fraction of sp³-hybridized carbons (Fsp3) is 0.133. The smallest absolute Gasteiger partial charge is 0.241 e. The fourth-order valence-electron chi connectivity index (χ4n) is 1.81. The summed E-state index contributed by atoms with van der Waals surface area (Å²) in [6.07, 6.45) is 0. The van der Waals surface area contributed by atoms with E-state index in [0.29, 0.717) is 5.75 Å². The molecule has 10 heteroatoms. The molecule has 6 nitrogen and oxygen atoms in total. The first-order valence-electron chi connectivity index (χ1n) is 6.81. The summed E-state index contributed by atoms with van der Waals surface area (Å²) in [5, 5.41) is 3.09. The molecule has 25 heavy (non-hydrogen) atoms. The molecule has 0 aliphatic carbocycles. The zero-order valence-corrected chi connectivity index (χ0v) is 15.9. The average Bonchev–Trinajstić information content (AvgIpc) is 2.58. The number of rotatable bonds is 6. The van der Waals surface area contributed by atoms with Gasteiger partial charge in [0.15, 0.2) is 0 Å². The largest absolute Gasteiger partial charge is 0.497 e. The first kappa shape index (κ1) is 19.8. The molecule has 134 valence electrons. The summed E-state index contributed by atoms with van der Waals surface area (Å²) >= 11 is 17.6. The predicted molar refractivity (Wildman–Crippen MR) is 98.3 cm³/mol. The molecule has 0 radical (unpaired) electrons. The first-order chi connectivity index (χ1) is 11.7. The number of sulfonamides is 1. The molecule has 0 unspecified atom stereocenters. The number of anilines is 1. The maximum Gasteiger partial charge on any atom is 0.241 e. The average molecular weight is 424 g/mol.